The Balaban J connectivity index is 2.09. The van der Waals surface area contributed by atoms with Gasteiger partial charge in [-0.15, -0.1) is 0 Å². The molecule has 1 aromatic carbocycles. The van der Waals surface area contributed by atoms with Crippen LogP contribution in [0.5, 0.6) is 0 Å². The summed E-state index contributed by atoms with van der Waals surface area (Å²) in [6, 6.07) is 8.01. The minimum atomic E-state index is -0.887. The number of nitriles is 1. The van der Waals surface area contributed by atoms with E-state index in [0.717, 1.165) is 12.8 Å². The summed E-state index contributed by atoms with van der Waals surface area (Å²) in [4.78, 5) is 12.2. The molecule has 1 atom stereocenters. The van der Waals surface area contributed by atoms with Gasteiger partial charge in [0.1, 0.15) is 11.2 Å². The van der Waals surface area contributed by atoms with Crippen LogP contribution >= 0.6 is 0 Å². The fourth-order valence-corrected chi connectivity index (χ4v) is 2.56. The van der Waals surface area contributed by atoms with Crippen LogP contribution in [0.1, 0.15) is 44.2 Å². The highest BCUT2D eigenvalue weighted by molar-refractivity contribution is 5.86. The second-order valence-electron chi connectivity index (χ2n) is 5.15. The lowest BCUT2D eigenvalue weighted by Gasteiger charge is -2.23. The lowest BCUT2D eigenvalue weighted by molar-refractivity contribution is -0.128. The molecule has 0 unspecified atom stereocenters. The van der Waals surface area contributed by atoms with E-state index in [1.54, 1.807) is 19.1 Å². The zero-order chi connectivity index (χ0) is 13.9. The molecule has 1 fully saturated rings. The molecule has 19 heavy (non-hydrogen) atoms. The van der Waals surface area contributed by atoms with E-state index in [-0.39, 0.29) is 17.8 Å². The predicted octanol–water partition coefficient (Wildman–Crippen LogP) is 3.09. The molecule has 0 aromatic heterocycles. The number of nitrogens with one attached hydrogen (secondary N) is 1. The Labute approximate surface area is 112 Å². The smallest absolute Gasteiger partial charge is 0.240 e. The van der Waals surface area contributed by atoms with E-state index in [0.29, 0.717) is 18.4 Å². The van der Waals surface area contributed by atoms with Crippen LogP contribution in [-0.4, -0.2) is 5.91 Å². The molecule has 0 saturated heterocycles. The lowest BCUT2D eigenvalue weighted by atomic mass is 9.86. The molecule has 1 saturated carbocycles. The first-order chi connectivity index (χ1) is 9.07. The maximum absolute atomic E-state index is 13.1. The van der Waals surface area contributed by atoms with Gasteiger partial charge in [-0.2, -0.15) is 5.26 Å². The number of amides is 1. The van der Waals surface area contributed by atoms with Crippen LogP contribution < -0.4 is 5.32 Å². The van der Waals surface area contributed by atoms with Crippen LogP contribution in [-0.2, 0) is 4.79 Å². The molecule has 0 heterocycles. The van der Waals surface area contributed by atoms with Crippen LogP contribution in [0, 0.1) is 22.6 Å². The molecule has 0 bridgehead atoms. The lowest BCUT2D eigenvalue weighted by Crippen LogP contribution is -2.39. The van der Waals surface area contributed by atoms with E-state index in [1.807, 2.05) is 0 Å². The topological polar surface area (TPSA) is 52.9 Å². The monoisotopic (exact) mass is 260 g/mol. The zero-order valence-corrected chi connectivity index (χ0v) is 10.9. The first kappa shape index (κ1) is 13.5. The molecule has 1 aromatic rings. The van der Waals surface area contributed by atoms with Crippen molar-refractivity contribution in [3.8, 4) is 6.07 Å². The SMILES string of the molecule is C[C@@H](NC(=O)C1(C#N)CCCC1)c1cccc(F)c1. The number of benzene rings is 1. The molecule has 1 aliphatic rings. The number of rotatable bonds is 3. The minimum Gasteiger partial charge on any atom is -0.348 e. The highest BCUT2D eigenvalue weighted by Crippen LogP contribution is 2.38. The molecule has 4 heteroatoms. The normalized spacial score (nSPS) is 18.6. The van der Waals surface area contributed by atoms with Crippen LogP contribution in [0.3, 0.4) is 0 Å². The Bertz CT molecular complexity index is 515. The number of carbonyl (C=O) groups is 1. The van der Waals surface area contributed by atoms with Gasteiger partial charge in [-0.25, -0.2) is 4.39 Å². The van der Waals surface area contributed by atoms with Crippen LogP contribution in [0.2, 0.25) is 0 Å². The van der Waals surface area contributed by atoms with Crippen molar-refractivity contribution in [2.24, 2.45) is 5.41 Å². The Hall–Kier alpha value is -1.89. The van der Waals surface area contributed by atoms with Crippen LogP contribution in [0.15, 0.2) is 24.3 Å². The minimum absolute atomic E-state index is 0.232. The third-order valence-corrected chi connectivity index (χ3v) is 3.80. The number of nitrogens with zero attached hydrogens (tertiary/aromatic N) is 1. The Morgan fingerprint density at radius 1 is 1.47 bits per heavy atom. The van der Waals surface area contributed by atoms with Crippen molar-refractivity contribution in [1.29, 1.82) is 5.26 Å². The number of halogens is 1. The van der Waals surface area contributed by atoms with E-state index in [4.69, 9.17) is 0 Å². The van der Waals surface area contributed by atoms with Crippen molar-refractivity contribution < 1.29 is 9.18 Å². The largest absolute Gasteiger partial charge is 0.348 e. The van der Waals surface area contributed by atoms with Gasteiger partial charge in [0.15, 0.2) is 0 Å². The van der Waals surface area contributed by atoms with E-state index in [2.05, 4.69) is 11.4 Å². The highest BCUT2D eigenvalue weighted by Gasteiger charge is 2.41. The van der Waals surface area contributed by atoms with E-state index < -0.39 is 5.41 Å². The predicted molar refractivity (Wildman–Crippen MR) is 69.5 cm³/mol. The summed E-state index contributed by atoms with van der Waals surface area (Å²) in [6.45, 7) is 1.80. The molecule has 0 radical (unpaired) electrons. The summed E-state index contributed by atoms with van der Waals surface area (Å²) in [5.74, 6) is -0.557. The summed E-state index contributed by atoms with van der Waals surface area (Å²) >= 11 is 0. The van der Waals surface area contributed by atoms with Crippen molar-refractivity contribution in [1.82, 2.24) is 5.32 Å². The fourth-order valence-electron chi connectivity index (χ4n) is 2.56. The Kier molecular flexibility index (Phi) is 3.84. The number of hydrogen-bond donors (Lipinski definition) is 1. The number of hydrogen-bond acceptors (Lipinski definition) is 2. The van der Waals surface area contributed by atoms with E-state index >= 15 is 0 Å². The number of carbonyl (C=O) groups excluding carboxylic acids is 1. The molecular weight excluding hydrogens is 243 g/mol. The molecule has 3 nitrogen and oxygen atoms in total. The Morgan fingerprint density at radius 3 is 2.74 bits per heavy atom. The van der Waals surface area contributed by atoms with Gasteiger partial charge in [-0.05, 0) is 37.5 Å². The molecule has 100 valence electrons. The van der Waals surface area contributed by atoms with E-state index in [9.17, 15) is 14.4 Å². The van der Waals surface area contributed by atoms with Gasteiger partial charge in [-0.1, -0.05) is 25.0 Å². The zero-order valence-electron chi connectivity index (χ0n) is 10.9. The van der Waals surface area contributed by atoms with Gasteiger partial charge in [0, 0.05) is 0 Å². The highest BCUT2D eigenvalue weighted by atomic mass is 19.1. The molecule has 1 aliphatic carbocycles. The molecule has 1 N–H and O–H groups in total. The van der Waals surface area contributed by atoms with Gasteiger partial charge in [-0.3, -0.25) is 4.79 Å². The average Bonchev–Trinajstić information content (AvgIpc) is 2.88. The molecule has 0 spiro atoms. The van der Waals surface area contributed by atoms with Crippen LogP contribution in [0.4, 0.5) is 4.39 Å². The van der Waals surface area contributed by atoms with Gasteiger partial charge < -0.3 is 5.32 Å². The standard InChI is InChI=1S/C15H17FN2O/c1-11(12-5-4-6-13(16)9-12)18-14(19)15(10-17)7-2-3-8-15/h4-6,9,11H,2-3,7-8H2,1H3,(H,18,19)/t11-/m1/s1. The second kappa shape index (κ2) is 5.40. The first-order valence-electron chi connectivity index (χ1n) is 6.55. The van der Waals surface area contributed by atoms with Gasteiger partial charge in [0.05, 0.1) is 12.1 Å². The third kappa shape index (κ3) is 2.76. The van der Waals surface area contributed by atoms with Crippen molar-refractivity contribution >= 4 is 5.91 Å². The third-order valence-electron chi connectivity index (χ3n) is 3.80. The summed E-state index contributed by atoms with van der Waals surface area (Å²) in [7, 11) is 0. The molecule has 0 aliphatic heterocycles. The molecule has 2 rings (SSSR count). The van der Waals surface area contributed by atoms with Crippen molar-refractivity contribution in [3.63, 3.8) is 0 Å². The van der Waals surface area contributed by atoms with Gasteiger partial charge in [0.2, 0.25) is 5.91 Å². The maximum Gasteiger partial charge on any atom is 0.240 e. The first-order valence-corrected chi connectivity index (χ1v) is 6.55. The summed E-state index contributed by atoms with van der Waals surface area (Å²) in [5.41, 5.74) is -0.180. The Morgan fingerprint density at radius 2 is 2.16 bits per heavy atom. The maximum atomic E-state index is 13.1. The van der Waals surface area contributed by atoms with Gasteiger partial charge >= 0.3 is 0 Å². The van der Waals surface area contributed by atoms with E-state index in [1.165, 1.54) is 12.1 Å². The summed E-state index contributed by atoms with van der Waals surface area (Å²) < 4.78 is 13.1. The summed E-state index contributed by atoms with van der Waals surface area (Å²) in [5, 5.41) is 12.1. The molecule has 1 amide bonds. The second-order valence-corrected chi connectivity index (χ2v) is 5.15. The quantitative estimate of drug-likeness (QED) is 0.908. The van der Waals surface area contributed by atoms with Gasteiger partial charge in [0.25, 0.3) is 0 Å². The van der Waals surface area contributed by atoms with Crippen LogP contribution in [0.25, 0.3) is 0 Å². The fraction of sp³-hybridized carbons (Fsp3) is 0.467. The average molecular weight is 260 g/mol. The molecular formula is C15H17FN2O. The van der Waals surface area contributed by atoms with Crippen molar-refractivity contribution in [2.45, 2.75) is 38.6 Å². The van der Waals surface area contributed by atoms with Crippen molar-refractivity contribution in [3.05, 3.63) is 35.6 Å². The summed E-state index contributed by atoms with van der Waals surface area (Å²) in [6.07, 6.45) is 3.06. The van der Waals surface area contributed by atoms with Crippen molar-refractivity contribution in [2.75, 3.05) is 0 Å².